The third-order valence-corrected chi connectivity index (χ3v) is 2.75. The first-order chi connectivity index (χ1) is 8.70. The largest absolute Gasteiger partial charge is 0.395 e. The summed E-state index contributed by atoms with van der Waals surface area (Å²) in [7, 11) is 0. The summed E-state index contributed by atoms with van der Waals surface area (Å²) in [5, 5.41) is 11.6. The highest BCUT2D eigenvalue weighted by Crippen LogP contribution is 2.23. The summed E-state index contributed by atoms with van der Waals surface area (Å²) >= 11 is 0. The lowest BCUT2D eigenvalue weighted by Crippen LogP contribution is -2.08. The molecule has 0 aliphatic carbocycles. The van der Waals surface area contributed by atoms with Crippen LogP contribution in [0.15, 0.2) is 30.6 Å². The SMILES string of the molecule is Cc1ccc(C)c(-c2cnc(NCCO)nc2)c1. The molecule has 0 fully saturated rings. The molecule has 0 radical (unpaired) electrons. The van der Waals surface area contributed by atoms with Gasteiger partial charge in [0.05, 0.1) is 6.61 Å². The van der Waals surface area contributed by atoms with Crippen molar-refractivity contribution in [3.05, 3.63) is 41.7 Å². The van der Waals surface area contributed by atoms with Gasteiger partial charge in [0.1, 0.15) is 0 Å². The molecule has 0 aliphatic heterocycles. The van der Waals surface area contributed by atoms with E-state index in [0.717, 1.165) is 11.1 Å². The fraction of sp³-hybridized carbons (Fsp3) is 0.286. The highest BCUT2D eigenvalue weighted by atomic mass is 16.3. The highest BCUT2D eigenvalue weighted by molar-refractivity contribution is 5.66. The number of rotatable bonds is 4. The quantitative estimate of drug-likeness (QED) is 0.864. The van der Waals surface area contributed by atoms with Gasteiger partial charge in [0.2, 0.25) is 5.95 Å². The molecule has 2 aromatic rings. The van der Waals surface area contributed by atoms with Gasteiger partial charge < -0.3 is 10.4 Å². The maximum atomic E-state index is 8.71. The second kappa shape index (κ2) is 5.60. The summed E-state index contributed by atoms with van der Waals surface area (Å²) in [4.78, 5) is 8.46. The van der Waals surface area contributed by atoms with Gasteiger partial charge in [-0.2, -0.15) is 0 Å². The Hall–Kier alpha value is -1.94. The molecule has 0 amide bonds. The smallest absolute Gasteiger partial charge is 0.222 e. The summed E-state index contributed by atoms with van der Waals surface area (Å²) in [5.74, 6) is 0.540. The molecule has 0 aliphatic rings. The molecule has 1 heterocycles. The second-order valence-electron chi connectivity index (χ2n) is 4.26. The molecule has 2 N–H and O–H groups in total. The number of aromatic nitrogens is 2. The van der Waals surface area contributed by atoms with Crippen LogP contribution in [0, 0.1) is 13.8 Å². The van der Waals surface area contributed by atoms with Gasteiger partial charge in [-0.05, 0) is 25.0 Å². The number of nitrogens with one attached hydrogen (secondary N) is 1. The van der Waals surface area contributed by atoms with E-state index < -0.39 is 0 Å². The van der Waals surface area contributed by atoms with Gasteiger partial charge in [0.15, 0.2) is 0 Å². The molecule has 4 nitrogen and oxygen atoms in total. The zero-order valence-electron chi connectivity index (χ0n) is 10.6. The molecule has 0 saturated heterocycles. The minimum atomic E-state index is 0.0715. The molecule has 1 aromatic carbocycles. The Kier molecular flexibility index (Phi) is 3.89. The van der Waals surface area contributed by atoms with Crippen molar-refractivity contribution in [3.63, 3.8) is 0 Å². The Balaban J connectivity index is 2.25. The molecule has 0 unspecified atom stereocenters. The van der Waals surface area contributed by atoms with Crippen molar-refractivity contribution >= 4 is 5.95 Å². The normalized spacial score (nSPS) is 10.4. The minimum Gasteiger partial charge on any atom is -0.395 e. The third-order valence-electron chi connectivity index (χ3n) is 2.75. The van der Waals surface area contributed by atoms with Gasteiger partial charge >= 0.3 is 0 Å². The Morgan fingerprint density at radius 3 is 2.56 bits per heavy atom. The standard InChI is InChI=1S/C14H17N3O/c1-10-3-4-11(2)13(7-10)12-8-16-14(17-9-12)15-5-6-18/h3-4,7-9,18H,5-6H2,1-2H3,(H,15,16,17). The molecular formula is C14H17N3O. The number of hydrogen-bond acceptors (Lipinski definition) is 4. The lowest BCUT2D eigenvalue weighted by molar-refractivity contribution is 0.311. The van der Waals surface area contributed by atoms with Crippen LogP contribution in [0.25, 0.3) is 11.1 Å². The van der Waals surface area contributed by atoms with Gasteiger partial charge in [0.25, 0.3) is 0 Å². The number of hydrogen-bond donors (Lipinski definition) is 2. The molecule has 0 bridgehead atoms. The molecule has 0 atom stereocenters. The van der Waals surface area contributed by atoms with Crippen LogP contribution in [-0.2, 0) is 0 Å². The second-order valence-corrected chi connectivity index (χ2v) is 4.26. The van der Waals surface area contributed by atoms with Crippen molar-refractivity contribution in [2.75, 3.05) is 18.5 Å². The van der Waals surface area contributed by atoms with Gasteiger partial charge in [-0.1, -0.05) is 23.8 Å². The van der Waals surface area contributed by atoms with Crippen LogP contribution in [-0.4, -0.2) is 28.2 Å². The van der Waals surface area contributed by atoms with E-state index in [0.29, 0.717) is 12.5 Å². The average molecular weight is 243 g/mol. The van der Waals surface area contributed by atoms with Gasteiger partial charge in [-0.25, -0.2) is 9.97 Å². The van der Waals surface area contributed by atoms with E-state index in [1.165, 1.54) is 11.1 Å². The van der Waals surface area contributed by atoms with E-state index in [-0.39, 0.29) is 6.61 Å². The lowest BCUT2D eigenvalue weighted by Gasteiger charge is -2.08. The minimum absolute atomic E-state index is 0.0715. The van der Waals surface area contributed by atoms with Crippen molar-refractivity contribution in [2.24, 2.45) is 0 Å². The number of aryl methyl sites for hydroxylation is 2. The Morgan fingerprint density at radius 1 is 1.17 bits per heavy atom. The maximum Gasteiger partial charge on any atom is 0.222 e. The van der Waals surface area contributed by atoms with Crippen LogP contribution >= 0.6 is 0 Å². The molecule has 4 heteroatoms. The molecule has 94 valence electrons. The van der Waals surface area contributed by atoms with Crippen LogP contribution in [0.5, 0.6) is 0 Å². The molecule has 2 rings (SSSR count). The van der Waals surface area contributed by atoms with Crippen molar-refractivity contribution in [2.45, 2.75) is 13.8 Å². The van der Waals surface area contributed by atoms with Crippen molar-refractivity contribution in [3.8, 4) is 11.1 Å². The first-order valence-corrected chi connectivity index (χ1v) is 5.95. The maximum absolute atomic E-state index is 8.71. The molecular weight excluding hydrogens is 226 g/mol. The van der Waals surface area contributed by atoms with Crippen LogP contribution in [0.3, 0.4) is 0 Å². The summed E-state index contributed by atoms with van der Waals surface area (Å²) < 4.78 is 0. The Morgan fingerprint density at radius 2 is 1.89 bits per heavy atom. The van der Waals surface area contributed by atoms with Crippen LogP contribution in [0.1, 0.15) is 11.1 Å². The van der Waals surface area contributed by atoms with Crippen molar-refractivity contribution < 1.29 is 5.11 Å². The number of benzene rings is 1. The monoisotopic (exact) mass is 243 g/mol. The van der Waals surface area contributed by atoms with Gasteiger partial charge in [-0.3, -0.25) is 0 Å². The summed E-state index contributed by atoms with van der Waals surface area (Å²) in [6.07, 6.45) is 3.60. The number of aliphatic hydroxyl groups is 1. The first kappa shape index (κ1) is 12.5. The molecule has 1 aromatic heterocycles. The predicted molar refractivity (Wildman–Crippen MR) is 72.5 cm³/mol. The lowest BCUT2D eigenvalue weighted by atomic mass is 10.0. The van der Waals surface area contributed by atoms with E-state index >= 15 is 0 Å². The zero-order chi connectivity index (χ0) is 13.0. The third kappa shape index (κ3) is 2.84. The van der Waals surface area contributed by atoms with E-state index in [9.17, 15) is 0 Å². The van der Waals surface area contributed by atoms with Crippen molar-refractivity contribution in [1.82, 2.24) is 9.97 Å². The van der Waals surface area contributed by atoms with Crippen LogP contribution in [0.2, 0.25) is 0 Å². The topological polar surface area (TPSA) is 58.0 Å². The Labute approximate surface area is 107 Å². The fourth-order valence-electron chi connectivity index (χ4n) is 1.77. The van der Waals surface area contributed by atoms with Crippen LogP contribution < -0.4 is 5.32 Å². The summed E-state index contributed by atoms with van der Waals surface area (Å²) in [5.41, 5.74) is 4.59. The van der Waals surface area contributed by atoms with Crippen LogP contribution in [0.4, 0.5) is 5.95 Å². The number of anilines is 1. The molecule has 0 saturated carbocycles. The van der Waals surface area contributed by atoms with E-state index in [2.05, 4.69) is 47.3 Å². The average Bonchev–Trinajstić information content (AvgIpc) is 2.40. The van der Waals surface area contributed by atoms with Crippen molar-refractivity contribution in [1.29, 1.82) is 0 Å². The van der Waals surface area contributed by atoms with E-state index in [1.54, 1.807) is 12.4 Å². The number of aliphatic hydroxyl groups excluding tert-OH is 1. The molecule has 0 spiro atoms. The number of nitrogens with zero attached hydrogens (tertiary/aromatic N) is 2. The predicted octanol–water partition coefficient (Wildman–Crippen LogP) is 2.16. The first-order valence-electron chi connectivity index (χ1n) is 5.95. The van der Waals surface area contributed by atoms with E-state index in [1.807, 2.05) is 0 Å². The van der Waals surface area contributed by atoms with E-state index in [4.69, 9.17) is 5.11 Å². The summed E-state index contributed by atoms with van der Waals surface area (Å²) in [6.45, 7) is 4.68. The van der Waals surface area contributed by atoms with Gasteiger partial charge in [0, 0.05) is 24.5 Å². The zero-order valence-corrected chi connectivity index (χ0v) is 10.6. The van der Waals surface area contributed by atoms with Gasteiger partial charge in [-0.15, -0.1) is 0 Å². The summed E-state index contributed by atoms with van der Waals surface area (Å²) in [6, 6.07) is 6.33. The highest BCUT2D eigenvalue weighted by Gasteiger charge is 2.03. The molecule has 18 heavy (non-hydrogen) atoms. The Bertz CT molecular complexity index is 523. The fourth-order valence-corrected chi connectivity index (χ4v) is 1.77.